The third kappa shape index (κ3) is 3.44. The summed E-state index contributed by atoms with van der Waals surface area (Å²) in [4.78, 5) is 28.6. The van der Waals surface area contributed by atoms with Crippen molar-refractivity contribution in [1.82, 2.24) is 4.98 Å². The van der Waals surface area contributed by atoms with Crippen molar-refractivity contribution >= 4 is 16.9 Å². The average molecular weight is 375 g/mol. The summed E-state index contributed by atoms with van der Waals surface area (Å²) in [5, 5.41) is 0.722. The average Bonchev–Trinajstić information content (AvgIpc) is 3.08. The largest absolute Gasteiger partial charge is 0.456 e. The third-order valence-electron chi connectivity index (χ3n) is 4.36. The lowest BCUT2D eigenvalue weighted by atomic mass is 10.1. The highest BCUT2D eigenvalue weighted by Gasteiger charge is 2.20. The summed E-state index contributed by atoms with van der Waals surface area (Å²) in [7, 11) is 0. The number of rotatable bonds is 4. The highest BCUT2D eigenvalue weighted by molar-refractivity contribution is 5.89. The molecular weight excluding hydrogens is 358 g/mol. The van der Waals surface area contributed by atoms with Crippen molar-refractivity contribution in [2.45, 2.75) is 20.5 Å². The molecule has 4 rings (SSSR count). The van der Waals surface area contributed by atoms with E-state index in [1.165, 1.54) is 6.07 Å². The lowest BCUT2D eigenvalue weighted by Crippen LogP contribution is -2.09. The molecule has 0 atom stereocenters. The molecule has 0 aliphatic heterocycles. The normalized spacial score (nSPS) is 10.9. The van der Waals surface area contributed by atoms with Crippen LogP contribution >= 0.6 is 0 Å². The second kappa shape index (κ2) is 7.15. The summed E-state index contributed by atoms with van der Waals surface area (Å²) in [6, 6.07) is 16.1. The number of ether oxygens (including phenoxy) is 1. The minimum Gasteiger partial charge on any atom is -0.456 e. The lowest BCUT2D eigenvalue weighted by Gasteiger charge is -2.07. The van der Waals surface area contributed by atoms with E-state index in [9.17, 15) is 9.59 Å². The Morgan fingerprint density at radius 3 is 2.61 bits per heavy atom. The molecule has 0 aliphatic carbocycles. The Kier molecular flexibility index (Phi) is 4.53. The molecule has 6 heteroatoms. The van der Waals surface area contributed by atoms with Gasteiger partial charge in [-0.2, -0.15) is 0 Å². The lowest BCUT2D eigenvalue weighted by molar-refractivity contribution is 0.0465. The molecule has 2 aromatic carbocycles. The topological polar surface area (TPSA) is 82.5 Å². The number of esters is 1. The van der Waals surface area contributed by atoms with Crippen molar-refractivity contribution in [3.8, 4) is 11.5 Å². The molecule has 2 aromatic heterocycles. The summed E-state index contributed by atoms with van der Waals surface area (Å²) in [5.41, 5.74) is 2.39. The first kappa shape index (κ1) is 17.7. The zero-order valence-corrected chi connectivity index (χ0v) is 15.4. The molecule has 28 heavy (non-hydrogen) atoms. The zero-order valence-electron chi connectivity index (χ0n) is 15.4. The Labute approximate surface area is 160 Å². The van der Waals surface area contributed by atoms with Gasteiger partial charge in [-0.3, -0.25) is 0 Å². The van der Waals surface area contributed by atoms with Crippen LogP contribution in [0.5, 0.6) is 0 Å². The van der Waals surface area contributed by atoms with E-state index in [-0.39, 0.29) is 12.3 Å². The number of benzene rings is 2. The van der Waals surface area contributed by atoms with E-state index in [4.69, 9.17) is 13.6 Å². The zero-order chi connectivity index (χ0) is 19.7. The molecular formula is C22H17NO5. The number of aromatic nitrogens is 1. The van der Waals surface area contributed by atoms with Crippen LogP contribution in [0.3, 0.4) is 0 Å². The fourth-order valence-corrected chi connectivity index (χ4v) is 2.96. The summed E-state index contributed by atoms with van der Waals surface area (Å²) >= 11 is 0. The quantitative estimate of drug-likeness (QED) is 0.388. The van der Waals surface area contributed by atoms with E-state index < -0.39 is 11.6 Å². The van der Waals surface area contributed by atoms with Gasteiger partial charge in [0.1, 0.15) is 18.0 Å². The van der Waals surface area contributed by atoms with E-state index in [0.29, 0.717) is 22.8 Å². The molecule has 0 saturated heterocycles. The predicted molar refractivity (Wildman–Crippen MR) is 103 cm³/mol. The number of carbonyl (C=O) groups is 1. The Hall–Kier alpha value is -3.67. The first-order valence-corrected chi connectivity index (χ1v) is 8.74. The van der Waals surface area contributed by atoms with Crippen molar-refractivity contribution < 1.29 is 18.4 Å². The van der Waals surface area contributed by atoms with Crippen LogP contribution in [0.2, 0.25) is 0 Å². The number of nitrogens with zero attached hydrogens (tertiary/aromatic N) is 1. The Morgan fingerprint density at radius 2 is 1.82 bits per heavy atom. The van der Waals surface area contributed by atoms with Gasteiger partial charge in [0.05, 0.1) is 0 Å². The predicted octanol–water partition coefficient (Wildman–Crippen LogP) is 4.42. The van der Waals surface area contributed by atoms with Gasteiger partial charge in [0.15, 0.2) is 5.69 Å². The van der Waals surface area contributed by atoms with Gasteiger partial charge in [0.2, 0.25) is 5.89 Å². The van der Waals surface area contributed by atoms with Crippen molar-refractivity contribution in [2.75, 3.05) is 0 Å². The van der Waals surface area contributed by atoms with Crippen LogP contribution in [-0.4, -0.2) is 11.0 Å². The molecule has 0 fully saturated rings. The van der Waals surface area contributed by atoms with Crippen LogP contribution in [-0.2, 0) is 11.3 Å². The smallest absolute Gasteiger partial charge is 0.360 e. The molecule has 0 amide bonds. The van der Waals surface area contributed by atoms with Crippen LogP contribution in [0.25, 0.3) is 22.4 Å². The maximum atomic E-state index is 12.5. The van der Waals surface area contributed by atoms with Gasteiger partial charge >= 0.3 is 11.6 Å². The van der Waals surface area contributed by atoms with Gasteiger partial charge in [-0.15, -0.1) is 0 Å². The standard InChI is InChI=1S/C22H17NO5/c1-13-8-9-17-16(11-19(24)28-18(17)10-13)12-26-22(25)20-14(2)27-21(23-20)15-6-4-3-5-7-15/h3-11H,12H2,1-2H3. The van der Waals surface area contributed by atoms with E-state index in [2.05, 4.69) is 4.98 Å². The first-order chi connectivity index (χ1) is 13.5. The molecule has 0 aliphatic rings. The van der Waals surface area contributed by atoms with Crippen molar-refractivity contribution in [1.29, 1.82) is 0 Å². The Balaban J connectivity index is 1.58. The number of aryl methyl sites for hydroxylation is 2. The van der Waals surface area contributed by atoms with Gasteiger partial charge in [-0.05, 0) is 37.6 Å². The van der Waals surface area contributed by atoms with Crippen LogP contribution in [0.4, 0.5) is 0 Å². The van der Waals surface area contributed by atoms with E-state index in [1.807, 2.05) is 49.4 Å². The van der Waals surface area contributed by atoms with E-state index in [1.54, 1.807) is 13.0 Å². The molecule has 0 bridgehead atoms. The molecule has 6 nitrogen and oxygen atoms in total. The van der Waals surface area contributed by atoms with Gasteiger partial charge in [0.25, 0.3) is 0 Å². The maximum Gasteiger partial charge on any atom is 0.360 e. The molecule has 2 heterocycles. The van der Waals surface area contributed by atoms with Crippen LogP contribution in [0, 0.1) is 13.8 Å². The highest BCUT2D eigenvalue weighted by atomic mass is 16.5. The minimum atomic E-state index is -0.614. The van der Waals surface area contributed by atoms with Crippen LogP contribution < -0.4 is 5.63 Å². The molecule has 0 N–H and O–H groups in total. The first-order valence-electron chi connectivity index (χ1n) is 8.74. The van der Waals surface area contributed by atoms with Crippen LogP contribution in [0.1, 0.15) is 27.4 Å². The molecule has 4 aromatic rings. The number of carbonyl (C=O) groups excluding carboxylic acids is 1. The monoisotopic (exact) mass is 375 g/mol. The van der Waals surface area contributed by atoms with Crippen molar-refractivity contribution in [3.05, 3.63) is 87.6 Å². The molecule has 140 valence electrons. The second-order valence-corrected chi connectivity index (χ2v) is 6.46. The maximum absolute atomic E-state index is 12.5. The summed E-state index contributed by atoms with van der Waals surface area (Å²) < 4.78 is 16.2. The number of hydrogen-bond acceptors (Lipinski definition) is 6. The van der Waals surface area contributed by atoms with Crippen LogP contribution in [0.15, 0.2) is 68.2 Å². The summed E-state index contributed by atoms with van der Waals surface area (Å²) in [6.07, 6.45) is 0. The fraction of sp³-hybridized carbons (Fsp3) is 0.136. The molecule has 0 unspecified atom stereocenters. The number of fused-ring (bicyclic) bond motifs is 1. The second-order valence-electron chi connectivity index (χ2n) is 6.46. The Bertz CT molecular complexity index is 1220. The molecule has 0 spiro atoms. The number of oxazole rings is 1. The minimum absolute atomic E-state index is 0.0725. The summed E-state index contributed by atoms with van der Waals surface area (Å²) in [6.45, 7) is 3.49. The highest BCUT2D eigenvalue weighted by Crippen LogP contribution is 2.23. The fourth-order valence-electron chi connectivity index (χ4n) is 2.96. The van der Waals surface area contributed by atoms with Gasteiger partial charge in [0, 0.05) is 22.6 Å². The van der Waals surface area contributed by atoms with Gasteiger partial charge < -0.3 is 13.6 Å². The Morgan fingerprint density at radius 1 is 1.04 bits per heavy atom. The van der Waals surface area contributed by atoms with Crippen molar-refractivity contribution in [2.24, 2.45) is 0 Å². The van der Waals surface area contributed by atoms with E-state index in [0.717, 1.165) is 16.5 Å². The third-order valence-corrected chi connectivity index (χ3v) is 4.36. The number of hydrogen-bond donors (Lipinski definition) is 0. The van der Waals surface area contributed by atoms with Crippen molar-refractivity contribution in [3.63, 3.8) is 0 Å². The SMILES string of the molecule is Cc1ccc2c(COC(=O)c3nc(-c4ccccc4)oc3C)cc(=O)oc2c1. The van der Waals surface area contributed by atoms with Gasteiger partial charge in [-0.1, -0.05) is 30.3 Å². The van der Waals surface area contributed by atoms with E-state index >= 15 is 0 Å². The molecule has 0 saturated carbocycles. The molecule has 0 radical (unpaired) electrons. The summed E-state index contributed by atoms with van der Waals surface area (Å²) in [5.74, 6) is 0.111. The van der Waals surface area contributed by atoms with Gasteiger partial charge in [-0.25, -0.2) is 14.6 Å².